The fraction of sp³-hybridized carbons (Fsp3) is 0.500. The van der Waals surface area contributed by atoms with Crippen LogP contribution in [0.4, 0.5) is 5.82 Å². The first-order valence-electron chi connectivity index (χ1n) is 9.40. The second kappa shape index (κ2) is 8.91. The fourth-order valence-electron chi connectivity index (χ4n) is 3.61. The summed E-state index contributed by atoms with van der Waals surface area (Å²) < 4.78 is 10.7. The molecule has 29 heavy (non-hydrogen) atoms. The number of nitrogens with one attached hydrogen (secondary N) is 1. The zero-order chi connectivity index (χ0) is 21.8. The molecular weight excluding hydrogens is 384 g/mol. The summed E-state index contributed by atoms with van der Waals surface area (Å²) in [5.74, 6) is 1.75. The van der Waals surface area contributed by atoms with Crippen LogP contribution in [0.1, 0.15) is 46.6 Å². The van der Waals surface area contributed by atoms with Crippen LogP contribution in [0.25, 0.3) is 11.3 Å². The smallest absolute Gasteiger partial charge is 0.189 e. The number of benzene rings is 1. The summed E-state index contributed by atoms with van der Waals surface area (Å²) in [5.41, 5.74) is 1.64. The minimum atomic E-state index is -0.247. The number of anilines is 1. The summed E-state index contributed by atoms with van der Waals surface area (Å²) >= 11 is 1.44. The number of methoxy groups -OCH3 is 2. The maximum atomic E-state index is 9.95. The highest BCUT2D eigenvalue weighted by molar-refractivity contribution is 7.98. The van der Waals surface area contributed by atoms with Crippen molar-refractivity contribution in [2.75, 3.05) is 25.8 Å². The molecule has 0 saturated heterocycles. The predicted molar refractivity (Wildman–Crippen MR) is 119 cm³/mol. The lowest BCUT2D eigenvalue weighted by Crippen LogP contribution is -2.36. The van der Waals surface area contributed by atoms with Crippen LogP contribution in [-0.4, -0.2) is 36.0 Å². The molecule has 1 aromatic heterocycles. The zero-order valence-corrected chi connectivity index (χ0v) is 19.3. The Balaban J connectivity index is 2.61. The van der Waals surface area contributed by atoms with E-state index in [2.05, 4.69) is 56.0 Å². The summed E-state index contributed by atoms with van der Waals surface area (Å²) in [4.78, 5) is 9.22. The highest BCUT2D eigenvalue weighted by Crippen LogP contribution is 2.36. The number of rotatable bonds is 7. The van der Waals surface area contributed by atoms with Gasteiger partial charge in [0.25, 0.3) is 0 Å². The largest absolute Gasteiger partial charge is 0.493 e. The molecule has 1 N–H and O–H groups in total. The molecule has 0 aliphatic heterocycles. The van der Waals surface area contributed by atoms with Crippen molar-refractivity contribution >= 4 is 17.6 Å². The fourth-order valence-corrected chi connectivity index (χ4v) is 3.98. The Morgan fingerprint density at radius 1 is 1.07 bits per heavy atom. The van der Waals surface area contributed by atoms with E-state index < -0.39 is 0 Å². The number of ether oxygens (including phenoxy) is 2. The van der Waals surface area contributed by atoms with Gasteiger partial charge in [-0.05, 0) is 50.1 Å². The van der Waals surface area contributed by atoms with E-state index in [-0.39, 0.29) is 11.0 Å². The number of hydrogen-bond donors (Lipinski definition) is 1. The number of aromatic nitrogens is 2. The van der Waals surface area contributed by atoms with Crippen molar-refractivity contribution in [3.63, 3.8) is 0 Å². The minimum absolute atomic E-state index is 0.130. The van der Waals surface area contributed by atoms with Crippen molar-refractivity contribution in [3.05, 3.63) is 23.8 Å². The molecule has 6 nitrogen and oxygen atoms in total. The van der Waals surface area contributed by atoms with Crippen LogP contribution in [0.5, 0.6) is 11.5 Å². The highest BCUT2D eigenvalue weighted by Gasteiger charge is 2.28. The first-order valence-corrected chi connectivity index (χ1v) is 10.6. The van der Waals surface area contributed by atoms with Gasteiger partial charge in [-0.1, -0.05) is 32.5 Å². The third-order valence-corrected chi connectivity index (χ3v) is 4.82. The molecule has 1 aromatic carbocycles. The van der Waals surface area contributed by atoms with E-state index in [1.165, 1.54) is 11.8 Å². The number of thioether (sulfide) groups is 1. The van der Waals surface area contributed by atoms with Gasteiger partial charge in [-0.25, -0.2) is 9.97 Å². The third kappa shape index (κ3) is 5.77. The Kier molecular flexibility index (Phi) is 7.02. The SMILES string of the molecule is COc1ccc(-c2nc(SC)nc(NC(C)(C)CC(C)(C)C)c2C#N)cc1OC. The molecule has 0 bridgehead atoms. The standard InChI is InChI=1S/C22H30N4O2S/c1-21(2,3)13-22(4,5)26-19-15(12-23)18(24-20(25-19)29-8)14-9-10-16(27-6)17(11-14)28-7/h9-11H,13H2,1-8H3,(H,24,25,26). The van der Waals surface area contributed by atoms with Gasteiger partial charge >= 0.3 is 0 Å². The highest BCUT2D eigenvalue weighted by atomic mass is 32.2. The molecule has 0 aliphatic rings. The van der Waals surface area contributed by atoms with E-state index in [0.717, 1.165) is 12.0 Å². The lowest BCUT2D eigenvalue weighted by Gasteiger charge is -2.34. The van der Waals surface area contributed by atoms with E-state index in [1.54, 1.807) is 14.2 Å². The summed E-state index contributed by atoms with van der Waals surface area (Å²) in [7, 11) is 3.18. The van der Waals surface area contributed by atoms with Crippen molar-refractivity contribution in [1.29, 1.82) is 5.26 Å². The van der Waals surface area contributed by atoms with Crippen molar-refractivity contribution in [3.8, 4) is 28.8 Å². The lowest BCUT2D eigenvalue weighted by atomic mass is 9.81. The van der Waals surface area contributed by atoms with Crippen molar-refractivity contribution < 1.29 is 9.47 Å². The molecule has 0 amide bonds. The van der Waals surface area contributed by atoms with Crippen LogP contribution in [-0.2, 0) is 0 Å². The van der Waals surface area contributed by atoms with Gasteiger partial charge in [-0.3, -0.25) is 0 Å². The summed E-state index contributed by atoms with van der Waals surface area (Å²) in [6, 6.07) is 7.81. The van der Waals surface area contributed by atoms with E-state index >= 15 is 0 Å². The molecule has 7 heteroatoms. The lowest BCUT2D eigenvalue weighted by molar-refractivity contribution is 0.302. The molecule has 0 spiro atoms. The van der Waals surface area contributed by atoms with E-state index in [1.807, 2.05) is 24.5 Å². The maximum Gasteiger partial charge on any atom is 0.189 e. The predicted octanol–water partition coefficient (Wildman–Crippen LogP) is 5.38. The molecule has 1 heterocycles. The molecule has 0 atom stereocenters. The van der Waals surface area contributed by atoms with Crippen LogP contribution in [0.15, 0.2) is 23.4 Å². The van der Waals surface area contributed by atoms with Gasteiger partial charge < -0.3 is 14.8 Å². The molecule has 2 aromatic rings. The van der Waals surface area contributed by atoms with E-state index in [0.29, 0.717) is 33.7 Å². The van der Waals surface area contributed by atoms with Gasteiger partial charge in [0.15, 0.2) is 16.7 Å². The Labute approximate surface area is 178 Å². The second-order valence-corrected chi connectivity index (χ2v) is 9.48. The van der Waals surface area contributed by atoms with E-state index in [4.69, 9.17) is 9.47 Å². The van der Waals surface area contributed by atoms with E-state index in [9.17, 15) is 5.26 Å². The Morgan fingerprint density at radius 2 is 1.72 bits per heavy atom. The topological polar surface area (TPSA) is 80.1 Å². The van der Waals surface area contributed by atoms with Crippen molar-refractivity contribution in [2.24, 2.45) is 5.41 Å². The number of hydrogen-bond acceptors (Lipinski definition) is 7. The van der Waals surface area contributed by atoms with Crippen LogP contribution in [0, 0.1) is 16.7 Å². The third-order valence-electron chi connectivity index (χ3n) is 4.27. The monoisotopic (exact) mass is 414 g/mol. The average Bonchev–Trinajstić information content (AvgIpc) is 2.64. The quantitative estimate of drug-likeness (QED) is 0.481. The summed E-state index contributed by atoms with van der Waals surface area (Å²) in [6.45, 7) is 10.8. The molecule has 0 fully saturated rings. The summed E-state index contributed by atoms with van der Waals surface area (Å²) in [6.07, 6.45) is 2.83. The van der Waals surface area contributed by atoms with Crippen molar-refractivity contribution in [1.82, 2.24) is 9.97 Å². The Morgan fingerprint density at radius 3 is 2.24 bits per heavy atom. The molecule has 156 valence electrons. The minimum Gasteiger partial charge on any atom is -0.493 e. The zero-order valence-electron chi connectivity index (χ0n) is 18.5. The van der Waals surface area contributed by atoms with Gasteiger partial charge in [0.05, 0.1) is 19.9 Å². The van der Waals surface area contributed by atoms with Crippen LogP contribution in [0.3, 0.4) is 0 Å². The number of nitrogens with zero attached hydrogens (tertiary/aromatic N) is 3. The molecular formula is C22H30N4O2S. The first kappa shape index (κ1) is 22.8. The van der Waals surface area contributed by atoms with Crippen LogP contribution >= 0.6 is 11.8 Å². The van der Waals surface area contributed by atoms with Gasteiger partial charge in [-0.2, -0.15) is 5.26 Å². The Hall–Kier alpha value is -2.46. The normalized spacial score (nSPS) is 11.7. The summed E-state index contributed by atoms with van der Waals surface area (Å²) in [5, 5.41) is 14.0. The molecule has 0 saturated carbocycles. The Bertz CT molecular complexity index is 914. The molecule has 0 radical (unpaired) electrons. The van der Waals surface area contributed by atoms with Gasteiger partial charge in [0.1, 0.15) is 17.5 Å². The number of nitriles is 1. The van der Waals surface area contributed by atoms with Gasteiger partial charge in [0.2, 0.25) is 0 Å². The van der Waals surface area contributed by atoms with Crippen LogP contribution < -0.4 is 14.8 Å². The molecule has 0 unspecified atom stereocenters. The van der Waals surface area contributed by atoms with Gasteiger partial charge in [0, 0.05) is 11.1 Å². The van der Waals surface area contributed by atoms with Gasteiger partial charge in [-0.15, -0.1) is 0 Å². The van der Waals surface area contributed by atoms with Crippen molar-refractivity contribution in [2.45, 2.75) is 51.7 Å². The average molecular weight is 415 g/mol. The maximum absolute atomic E-state index is 9.95. The van der Waals surface area contributed by atoms with Crippen LogP contribution in [0.2, 0.25) is 0 Å². The second-order valence-electron chi connectivity index (χ2n) is 8.71. The first-order chi connectivity index (χ1) is 13.5. The molecule has 2 rings (SSSR count). The molecule has 0 aliphatic carbocycles.